The first-order chi connectivity index (χ1) is 10.6. The van der Waals surface area contributed by atoms with Crippen LogP contribution in [0.5, 0.6) is 5.75 Å². The SMILES string of the molecule is COc1cccc(C(C)NC(=O)CC(C)C2CCCNC2)c1. The van der Waals surface area contributed by atoms with E-state index in [2.05, 4.69) is 17.6 Å². The van der Waals surface area contributed by atoms with E-state index < -0.39 is 0 Å². The summed E-state index contributed by atoms with van der Waals surface area (Å²) in [5, 5.41) is 6.53. The highest BCUT2D eigenvalue weighted by Gasteiger charge is 2.22. The van der Waals surface area contributed by atoms with Gasteiger partial charge >= 0.3 is 0 Å². The van der Waals surface area contributed by atoms with Crippen molar-refractivity contribution in [2.75, 3.05) is 20.2 Å². The molecule has 0 bridgehead atoms. The van der Waals surface area contributed by atoms with Gasteiger partial charge in [-0.15, -0.1) is 0 Å². The number of rotatable bonds is 6. The van der Waals surface area contributed by atoms with Crippen molar-refractivity contribution in [1.82, 2.24) is 10.6 Å². The van der Waals surface area contributed by atoms with E-state index in [1.165, 1.54) is 12.8 Å². The smallest absolute Gasteiger partial charge is 0.220 e. The van der Waals surface area contributed by atoms with E-state index >= 15 is 0 Å². The Morgan fingerprint density at radius 3 is 2.95 bits per heavy atom. The van der Waals surface area contributed by atoms with Gasteiger partial charge < -0.3 is 15.4 Å². The van der Waals surface area contributed by atoms with Crippen LogP contribution in [0.4, 0.5) is 0 Å². The topological polar surface area (TPSA) is 50.4 Å². The van der Waals surface area contributed by atoms with Crippen molar-refractivity contribution >= 4 is 5.91 Å². The third-order valence-corrected chi connectivity index (χ3v) is 4.62. The molecular formula is C18H28N2O2. The lowest BCUT2D eigenvalue weighted by Gasteiger charge is -2.28. The molecule has 1 aliphatic rings. The maximum absolute atomic E-state index is 12.3. The van der Waals surface area contributed by atoms with E-state index in [9.17, 15) is 4.79 Å². The Balaban J connectivity index is 1.84. The first-order valence-electron chi connectivity index (χ1n) is 8.24. The molecule has 22 heavy (non-hydrogen) atoms. The maximum atomic E-state index is 12.3. The van der Waals surface area contributed by atoms with Crippen LogP contribution < -0.4 is 15.4 Å². The van der Waals surface area contributed by atoms with Crippen LogP contribution in [0.2, 0.25) is 0 Å². The molecule has 1 heterocycles. The van der Waals surface area contributed by atoms with Crippen molar-refractivity contribution in [1.29, 1.82) is 0 Å². The van der Waals surface area contributed by atoms with Gasteiger partial charge in [0.15, 0.2) is 0 Å². The number of amides is 1. The second kappa shape index (κ2) is 8.18. The summed E-state index contributed by atoms with van der Waals surface area (Å²) < 4.78 is 5.23. The van der Waals surface area contributed by atoms with Gasteiger partial charge in [0.2, 0.25) is 5.91 Å². The van der Waals surface area contributed by atoms with Crippen molar-refractivity contribution in [3.63, 3.8) is 0 Å². The zero-order valence-electron chi connectivity index (χ0n) is 13.9. The van der Waals surface area contributed by atoms with Crippen LogP contribution in [0, 0.1) is 11.8 Å². The van der Waals surface area contributed by atoms with E-state index in [4.69, 9.17) is 4.74 Å². The first-order valence-corrected chi connectivity index (χ1v) is 8.24. The normalized spacial score (nSPS) is 21.0. The zero-order chi connectivity index (χ0) is 15.9. The summed E-state index contributed by atoms with van der Waals surface area (Å²) in [6, 6.07) is 7.85. The largest absolute Gasteiger partial charge is 0.497 e. The number of nitrogens with one attached hydrogen (secondary N) is 2. The number of benzene rings is 1. The summed E-state index contributed by atoms with van der Waals surface area (Å²) in [4.78, 5) is 12.3. The molecule has 0 aromatic heterocycles. The maximum Gasteiger partial charge on any atom is 0.220 e. The zero-order valence-corrected chi connectivity index (χ0v) is 13.9. The van der Waals surface area contributed by atoms with Crippen LogP contribution in [-0.4, -0.2) is 26.1 Å². The summed E-state index contributed by atoms with van der Waals surface area (Å²) in [5.74, 6) is 1.99. The number of carbonyl (C=O) groups is 1. The number of carbonyl (C=O) groups excluding carboxylic acids is 1. The summed E-state index contributed by atoms with van der Waals surface area (Å²) >= 11 is 0. The van der Waals surface area contributed by atoms with Crippen LogP contribution in [-0.2, 0) is 4.79 Å². The molecule has 1 aliphatic heterocycles. The molecule has 3 atom stereocenters. The monoisotopic (exact) mass is 304 g/mol. The van der Waals surface area contributed by atoms with Gasteiger partial charge in [-0.05, 0) is 62.4 Å². The predicted octanol–water partition coefficient (Wildman–Crippen LogP) is 2.90. The molecule has 2 N–H and O–H groups in total. The van der Waals surface area contributed by atoms with Crippen molar-refractivity contribution in [2.24, 2.45) is 11.8 Å². The highest BCUT2D eigenvalue weighted by molar-refractivity contribution is 5.76. The van der Waals surface area contributed by atoms with E-state index in [0.717, 1.165) is 24.4 Å². The lowest BCUT2D eigenvalue weighted by molar-refractivity contribution is -0.123. The van der Waals surface area contributed by atoms with Gasteiger partial charge in [-0.3, -0.25) is 4.79 Å². The first kappa shape index (κ1) is 16.8. The molecule has 1 amide bonds. The van der Waals surface area contributed by atoms with Gasteiger partial charge in [0.25, 0.3) is 0 Å². The van der Waals surface area contributed by atoms with Gasteiger partial charge in [0, 0.05) is 6.42 Å². The standard InChI is InChI=1S/C18H28N2O2/c1-13(16-7-5-9-19-12-16)10-18(21)20-14(2)15-6-4-8-17(11-15)22-3/h4,6,8,11,13-14,16,19H,5,7,9-10,12H2,1-3H3,(H,20,21). The summed E-state index contributed by atoms with van der Waals surface area (Å²) in [6.45, 7) is 6.36. The van der Waals surface area contributed by atoms with Crippen molar-refractivity contribution in [3.05, 3.63) is 29.8 Å². The molecule has 122 valence electrons. The molecule has 4 nitrogen and oxygen atoms in total. The van der Waals surface area contributed by atoms with Gasteiger partial charge in [0.1, 0.15) is 5.75 Å². The van der Waals surface area contributed by atoms with Crippen LogP contribution in [0.15, 0.2) is 24.3 Å². The Morgan fingerprint density at radius 1 is 1.45 bits per heavy atom. The Labute approximate surface area is 133 Å². The second-order valence-electron chi connectivity index (χ2n) is 6.35. The highest BCUT2D eigenvalue weighted by atomic mass is 16.5. The lowest BCUT2D eigenvalue weighted by atomic mass is 9.85. The number of methoxy groups -OCH3 is 1. The third kappa shape index (κ3) is 4.73. The molecule has 1 aromatic carbocycles. The van der Waals surface area contributed by atoms with Crippen LogP contribution in [0.1, 0.15) is 44.7 Å². The average molecular weight is 304 g/mol. The third-order valence-electron chi connectivity index (χ3n) is 4.62. The van der Waals surface area contributed by atoms with E-state index in [1.807, 2.05) is 31.2 Å². The minimum absolute atomic E-state index is 0.000666. The molecule has 2 rings (SSSR count). The van der Waals surface area contributed by atoms with Gasteiger partial charge in [-0.2, -0.15) is 0 Å². The lowest BCUT2D eigenvalue weighted by Crippen LogP contribution is -2.36. The predicted molar refractivity (Wildman–Crippen MR) is 88.9 cm³/mol. The highest BCUT2D eigenvalue weighted by Crippen LogP contribution is 2.23. The minimum Gasteiger partial charge on any atom is -0.497 e. The number of hydrogen-bond donors (Lipinski definition) is 2. The molecule has 0 saturated carbocycles. The summed E-state index contributed by atoms with van der Waals surface area (Å²) in [6.07, 6.45) is 3.05. The summed E-state index contributed by atoms with van der Waals surface area (Å²) in [7, 11) is 1.66. The van der Waals surface area contributed by atoms with Gasteiger partial charge in [-0.1, -0.05) is 19.1 Å². The second-order valence-corrected chi connectivity index (χ2v) is 6.35. The quantitative estimate of drug-likeness (QED) is 0.849. The average Bonchev–Trinajstić information content (AvgIpc) is 2.55. The van der Waals surface area contributed by atoms with Crippen LogP contribution in [0.25, 0.3) is 0 Å². The molecule has 0 radical (unpaired) electrons. The molecule has 4 heteroatoms. The van der Waals surface area contributed by atoms with Crippen molar-refractivity contribution in [2.45, 2.75) is 39.2 Å². The van der Waals surface area contributed by atoms with Gasteiger partial charge in [0.05, 0.1) is 13.2 Å². The molecule has 1 fully saturated rings. The molecule has 1 aromatic rings. The number of hydrogen-bond acceptors (Lipinski definition) is 3. The number of piperidine rings is 1. The summed E-state index contributed by atoms with van der Waals surface area (Å²) in [5.41, 5.74) is 1.07. The van der Waals surface area contributed by atoms with Crippen molar-refractivity contribution in [3.8, 4) is 5.75 Å². The van der Waals surface area contributed by atoms with E-state index in [0.29, 0.717) is 18.3 Å². The van der Waals surface area contributed by atoms with E-state index in [1.54, 1.807) is 7.11 Å². The molecule has 1 saturated heterocycles. The molecule has 0 aliphatic carbocycles. The van der Waals surface area contributed by atoms with Crippen LogP contribution >= 0.6 is 0 Å². The van der Waals surface area contributed by atoms with Crippen LogP contribution in [0.3, 0.4) is 0 Å². The Kier molecular flexibility index (Phi) is 6.25. The fourth-order valence-electron chi connectivity index (χ4n) is 3.12. The minimum atomic E-state index is -0.000666. The Bertz CT molecular complexity index is 484. The Hall–Kier alpha value is -1.55. The van der Waals surface area contributed by atoms with Gasteiger partial charge in [-0.25, -0.2) is 0 Å². The number of ether oxygens (including phenoxy) is 1. The molecular weight excluding hydrogens is 276 g/mol. The fraction of sp³-hybridized carbons (Fsp3) is 0.611. The van der Waals surface area contributed by atoms with E-state index in [-0.39, 0.29) is 11.9 Å². The Morgan fingerprint density at radius 2 is 2.27 bits per heavy atom. The molecule has 3 unspecified atom stereocenters. The molecule has 0 spiro atoms. The van der Waals surface area contributed by atoms with Crippen molar-refractivity contribution < 1.29 is 9.53 Å². The fourth-order valence-corrected chi connectivity index (χ4v) is 3.12.